The van der Waals surface area contributed by atoms with E-state index in [0.717, 1.165) is 12.1 Å². The average molecular weight is 219 g/mol. The SMILES string of the molecule is C/C=C(/c1cccc(O)c1)C(C)CN(C)C. The summed E-state index contributed by atoms with van der Waals surface area (Å²) in [6.07, 6.45) is 2.13. The number of hydrogen-bond donors (Lipinski definition) is 1. The van der Waals surface area contributed by atoms with E-state index in [1.165, 1.54) is 5.57 Å². The number of phenolic OH excluding ortho intramolecular Hbond substituents is 1. The monoisotopic (exact) mass is 219 g/mol. The van der Waals surface area contributed by atoms with Crippen LogP contribution in [0.4, 0.5) is 0 Å². The van der Waals surface area contributed by atoms with Crippen molar-refractivity contribution < 1.29 is 5.11 Å². The molecule has 1 N–H and O–H groups in total. The molecule has 2 nitrogen and oxygen atoms in total. The second-order valence-electron chi connectivity index (χ2n) is 4.46. The third kappa shape index (κ3) is 3.38. The van der Waals surface area contributed by atoms with Crippen LogP contribution in [-0.2, 0) is 0 Å². The van der Waals surface area contributed by atoms with E-state index in [-0.39, 0.29) is 0 Å². The number of aromatic hydroxyl groups is 1. The number of rotatable bonds is 4. The normalized spacial score (nSPS) is 14.2. The molecule has 0 aromatic heterocycles. The fourth-order valence-corrected chi connectivity index (χ4v) is 2.07. The molecule has 16 heavy (non-hydrogen) atoms. The third-order valence-electron chi connectivity index (χ3n) is 2.66. The number of benzene rings is 1. The zero-order valence-electron chi connectivity index (χ0n) is 10.6. The first-order valence-corrected chi connectivity index (χ1v) is 5.65. The van der Waals surface area contributed by atoms with Gasteiger partial charge in [-0.2, -0.15) is 0 Å². The molecule has 0 radical (unpaired) electrons. The molecule has 1 aromatic rings. The molecule has 0 aliphatic rings. The lowest BCUT2D eigenvalue weighted by Gasteiger charge is -2.20. The van der Waals surface area contributed by atoms with Crippen molar-refractivity contribution in [3.05, 3.63) is 35.9 Å². The highest BCUT2D eigenvalue weighted by molar-refractivity contribution is 5.68. The minimum Gasteiger partial charge on any atom is -0.508 e. The molecule has 0 saturated heterocycles. The Morgan fingerprint density at radius 3 is 2.62 bits per heavy atom. The summed E-state index contributed by atoms with van der Waals surface area (Å²) in [4.78, 5) is 2.18. The first-order valence-electron chi connectivity index (χ1n) is 5.65. The molecule has 1 unspecified atom stereocenters. The molecule has 88 valence electrons. The lowest BCUT2D eigenvalue weighted by molar-refractivity contribution is 0.376. The van der Waals surface area contributed by atoms with Crippen LogP contribution in [0.25, 0.3) is 5.57 Å². The van der Waals surface area contributed by atoms with E-state index < -0.39 is 0 Å². The van der Waals surface area contributed by atoms with Gasteiger partial charge >= 0.3 is 0 Å². The second kappa shape index (κ2) is 5.71. The smallest absolute Gasteiger partial charge is 0.116 e. The van der Waals surface area contributed by atoms with Crippen LogP contribution in [0, 0.1) is 5.92 Å². The summed E-state index contributed by atoms with van der Waals surface area (Å²) in [5, 5.41) is 9.48. The van der Waals surface area contributed by atoms with Crippen molar-refractivity contribution in [3.63, 3.8) is 0 Å². The number of phenols is 1. The summed E-state index contributed by atoms with van der Waals surface area (Å²) in [6.45, 7) is 5.26. The molecule has 0 amide bonds. The zero-order chi connectivity index (χ0) is 12.1. The van der Waals surface area contributed by atoms with Crippen molar-refractivity contribution in [2.24, 2.45) is 5.92 Å². The highest BCUT2D eigenvalue weighted by Gasteiger charge is 2.11. The fraction of sp³-hybridized carbons (Fsp3) is 0.429. The Morgan fingerprint density at radius 1 is 1.44 bits per heavy atom. The van der Waals surface area contributed by atoms with Gasteiger partial charge in [-0.15, -0.1) is 0 Å². The van der Waals surface area contributed by atoms with E-state index in [1.807, 2.05) is 25.1 Å². The van der Waals surface area contributed by atoms with Crippen LogP contribution in [0.5, 0.6) is 5.75 Å². The van der Waals surface area contributed by atoms with E-state index >= 15 is 0 Å². The minimum absolute atomic E-state index is 0.328. The Balaban J connectivity index is 2.91. The van der Waals surface area contributed by atoms with Crippen LogP contribution < -0.4 is 0 Å². The quantitative estimate of drug-likeness (QED) is 0.841. The maximum Gasteiger partial charge on any atom is 0.116 e. The predicted molar refractivity (Wildman–Crippen MR) is 69.5 cm³/mol. The Kier molecular flexibility index (Phi) is 4.56. The van der Waals surface area contributed by atoms with Crippen molar-refractivity contribution in [1.82, 2.24) is 4.90 Å². The van der Waals surface area contributed by atoms with Gasteiger partial charge in [-0.25, -0.2) is 0 Å². The molecule has 0 fully saturated rings. The zero-order valence-corrected chi connectivity index (χ0v) is 10.6. The minimum atomic E-state index is 0.328. The molecule has 2 heteroatoms. The molecule has 1 rings (SSSR count). The first kappa shape index (κ1) is 12.8. The van der Waals surface area contributed by atoms with E-state index in [9.17, 15) is 5.11 Å². The van der Waals surface area contributed by atoms with Crippen LogP contribution in [-0.4, -0.2) is 30.6 Å². The molecule has 0 saturated carbocycles. The summed E-state index contributed by atoms with van der Waals surface area (Å²) in [5.74, 6) is 0.788. The highest BCUT2D eigenvalue weighted by Crippen LogP contribution is 2.26. The van der Waals surface area contributed by atoms with Crippen LogP contribution in [0.15, 0.2) is 30.3 Å². The van der Waals surface area contributed by atoms with Gasteiger partial charge in [0.25, 0.3) is 0 Å². The van der Waals surface area contributed by atoms with Crippen molar-refractivity contribution in [2.45, 2.75) is 13.8 Å². The molecule has 1 atom stereocenters. The largest absolute Gasteiger partial charge is 0.508 e. The van der Waals surface area contributed by atoms with Crippen molar-refractivity contribution in [1.29, 1.82) is 0 Å². The fourth-order valence-electron chi connectivity index (χ4n) is 2.07. The van der Waals surface area contributed by atoms with Crippen molar-refractivity contribution in [2.75, 3.05) is 20.6 Å². The summed E-state index contributed by atoms with van der Waals surface area (Å²) < 4.78 is 0. The van der Waals surface area contributed by atoms with Crippen LogP contribution >= 0.6 is 0 Å². The lowest BCUT2D eigenvalue weighted by atomic mass is 9.93. The van der Waals surface area contributed by atoms with Crippen LogP contribution in [0.2, 0.25) is 0 Å². The van der Waals surface area contributed by atoms with Gasteiger partial charge in [0.1, 0.15) is 5.75 Å². The van der Waals surface area contributed by atoms with Crippen molar-refractivity contribution >= 4 is 5.57 Å². The van der Waals surface area contributed by atoms with E-state index in [2.05, 4.69) is 32.0 Å². The third-order valence-corrected chi connectivity index (χ3v) is 2.66. The van der Waals surface area contributed by atoms with Gasteiger partial charge in [-0.3, -0.25) is 0 Å². The Labute approximate surface area is 98.2 Å². The van der Waals surface area contributed by atoms with Crippen LogP contribution in [0.1, 0.15) is 19.4 Å². The van der Waals surface area contributed by atoms with Crippen LogP contribution in [0.3, 0.4) is 0 Å². The maximum atomic E-state index is 9.48. The lowest BCUT2D eigenvalue weighted by Crippen LogP contribution is -2.20. The van der Waals surface area contributed by atoms with Gasteiger partial charge in [0.05, 0.1) is 0 Å². The molecular formula is C14H21NO. The van der Waals surface area contributed by atoms with Gasteiger partial charge in [0.15, 0.2) is 0 Å². The van der Waals surface area contributed by atoms with Gasteiger partial charge < -0.3 is 10.0 Å². The summed E-state index contributed by atoms with van der Waals surface area (Å²) in [6, 6.07) is 7.45. The number of hydrogen-bond acceptors (Lipinski definition) is 2. The second-order valence-corrected chi connectivity index (χ2v) is 4.46. The highest BCUT2D eigenvalue weighted by atomic mass is 16.3. The average Bonchev–Trinajstić information content (AvgIpc) is 2.17. The van der Waals surface area contributed by atoms with E-state index in [0.29, 0.717) is 11.7 Å². The van der Waals surface area contributed by atoms with E-state index in [1.54, 1.807) is 6.07 Å². The Bertz CT molecular complexity index is 369. The molecule has 0 heterocycles. The predicted octanol–water partition coefficient (Wildman–Crippen LogP) is 2.99. The van der Waals surface area contributed by atoms with Gasteiger partial charge in [0, 0.05) is 6.54 Å². The van der Waals surface area contributed by atoms with Gasteiger partial charge in [0.2, 0.25) is 0 Å². The summed E-state index contributed by atoms with van der Waals surface area (Å²) >= 11 is 0. The summed E-state index contributed by atoms with van der Waals surface area (Å²) in [5.41, 5.74) is 2.39. The number of nitrogens with zero attached hydrogens (tertiary/aromatic N) is 1. The molecule has 0 bridgehead atoms. The standard InChI is InChI=1S/C14H21NO/c1-5-14(11(2)10-15(3)4)12-7-6-8-13(16)9-12/h5-9,11,16H,10H2,1-4H3/b14-5+. The molecular weight excluding hydrogens is 198 g/mol. The Hall–Kier alpha value is -1.28. The van der Waals surface area contributed by atoms with Gasteiger partial charge in [-0.1, -0.05) is 25.1 Å². The molecule has 0 spiro atoms. The van der Waals surface area contributed by atoms with E-state index in [4.69, 9.17) is 0 Å². The molecule has 1 aromatic carbocycles. The summed E-state index contributed by atoms with van der Waals surface area (Å²) in [7, 11) is 4.15. The molecule has 0 aliphatic heterocycles. The first-order chi connectivity index (χ1) is 7.54. The topological polar surface area (TPSA) is 23.5 Å². The van der Waals surface area contributed by atoms with Crippen molar-refractivity contribution in [3.8, 4) is 5.75 Å². The van der Waals surface area contributed by atoms with Gasteiger partial charge in [-0.05, 0) is 50.2 Å². The Morgan fingerprint density at radius 2 is 2.12 bits per heavy atom. The maximum absolute atomic E-state index is 9.48. The number of allylic oxidation sites excluding steroid dienone is 1. The molecule has 0 aliphatic carbocycles.